The van der Waals surface area contributed by atoms with Crippen LogP contribution in [0.15, 0.2) is 85.2 Å². The van der Waals surface area contributed by atoms with Crippen LogP contribution in [-0.4, -0.2) is 245 Å². The summed E-state index contributed by atoms with van der Waals surface area (Å²) >= 11 is 8.63. The van der Waals surface area contributed by atoms with Gasteiger partial charge in [0, 0.05) is 90.9 Å². The number of phenols is 1. The van der Waals surface area contributed by atoms with Crippen LogP contribution in [0.2, 0.25) is 0 Å². The first-order chi connectivity index (χ1) is 56.8. The molecule has 0 bridgehead atoms. The second-order valence-corrected chi connectivity index (χ2v) is 30.1. The number of phenolic OH excluding ortho intramolecular Hbond substituents is 1. The normalized spacial score (nSPS) is 15.7. The molecule has 1 saturated heterocycles. The van der Waals surface area contributed by atoms with Gasteiger partial charge in [0.25, 0.3) is 0 Å². The Hall–Kier alpha value is -12.5. The summed E-state index contributed by atoms with van der Waals surface area (Å²) in [4.78, 5) is 240. The number of aliphatic carboxylic acids is 3. The zero-order valence-corrected chi connectivity index (χ0v) is 68.1. The van der Waals surface area contributed by atoms with Crippen molar-refractivity contribution in [2.75, 3.05) is 24.6 Å². The third-order valence-electron chi connectivity index (χ3n) is 19.9. The lowest BCUT2D eigenvalue weighted by Crippen LogP contribution is -2.62. The smallest absolute Gasteiger partial charge is 0.326 e. The number of nitrogens with one attached hydrogen (secondary N) is 15. The molecule has 0 radical (unpaired) electrons. The molecule has 2 aromatic heterocycles. The average Bonchev–Trinajstić information content (AvgIpc) is 1.66. The molecule has 27 N–H and O–H groups in total. The van der Waals surface area contributed by atoms with Gasteiger partial charge in [0.15, 0.2) is 5.96 Å². The number of aromatic amines is 2. The van der Waals surface area contributed by atoms with Gasteiger partial charge in [-0.15, -0.1) is 0 Å². The monoisotopic (exact) mass is 1710 g/mol. The van der Waals surface area contributed by atoms with E-state index in [1.54, 1.807) is 61.7 Å². The quantitative estimate of drug-likeness (QED) is 0.00775. The van der Waals surface area contributed by atoms with Crippen molar-refractivity contribution in [1.82, 2.24) is 78.7 Å². The van der Waals surface area contributed by atoms with Gasteiger partial charge in [-0.1, -0.05) is 82.6 Å². The molecule has 3 aromatic carbocycles. The lowest BCUT2D eigenvalue weighted by molar-refractivity contribution is -0.144. The van der Waals surface area contributed by atoms with Crippen molar-refractivity contribution in [2.24, 2.45) is 34.8 Å². The Kier molecular flexibility index (Phi) is 37.4. The number of para-hydroxylation sites is 2. The maximum Gasteiger partial charge on any atom is 0.326 e. The number of carboxylic acids is 3. The molecule has 1 aliphatic rings. The van der Waals surface area contributed by atoms with Gasteiger partial charge < -0.3 is 122 Å². The van der Waals surface area contributed by atoms with E-state index in [9.17, 15) is 102 Å². The lowest BCUT2D eigenvalue weighted by Gasteiger charge is -2.31. The Bertz CT molecular complexity index is 4540. The van der Waals surface area contributed by atoms with E-state index in [4.69, 9.17) is 28.3 Å². The summed E-state index contributed by atoms with van der Waals surface area (Å²) in [5.41, 5.74) is 25.1. The summed E-state index contributed by atoms with van der Waals surface area (Å²) in [5.74, 6) is -22.0. The molecule has 0 spiro atoms. The van der Waals surface area contributed by atoms with E-state index in [1.807, 2.05) is 0 Å². The number of rotatable bonds is 49. The average molecular weight is 1710 g/mol. The van der Waals surface area contributed by atoms with Crippen molar-refractivity contribution in [3.63, 3.8) is 0 Å². The summed E-state index contributed by atoms with van der Waals surface area (Å²) < 4.78 is 0. The van der Waals surface area contributed by atoms with Crippen LogP contribution in [0.3, 0.4) is 0 Å². The Morgan fingerprint density at radius 3 is 1.48 bits per heavy atom. The third-order valence-corrected chi connectivity index (χ3v) is 20.7. The standard InChI is InChI=1S/C77H106N20O21S2/c1-5-38(4)63(96-69(110)53(31-59(80)100)90-71(112)55(35-119)93-68(109)51(29-40-33-84-46-15-8-6-12-43(40)46)89-66(107)50(28-39-18-20-42(98)21-19-39)88-64(105)45(78)14-10-26-83-77(81)82)74(115)92-52(30-41-34-85-47-16-9-7-13-44(41)47)67(108)91-54(32-61(103)104)70(111)95-62(37(2)3)73(114)94-56(36-120)75(116)97-27-11-17-57(97)72(113)86-48(23-25-60(101)102)65(106)87-49(76(117)118)22-24-58(79)99/h6-9,12-13,15-16,18-21,33-34,37-38,45,48-57,62-63,84-85,98,119-120H,5,10-11,14,17,22-32,35-36,78H2,1-4H3,(H2,79,99)(H2,80,100)(H,86,113)(H,87,106)(H,88,105)(H,89,107)(H,90,112)(H,91,108)(H,92,115)(H,93,109)(H,94,114)(H,95,111)(H,96,110)(H,101,102)(H,103,104)(H,117,118)(H4,81,82,83)/t38-,45-,48-,49-,50-,51-,52-,53-,54-,55-,56-,57-,62-,63-/m0/s1. The van der Waals surface area contributed by atoms with E-state index in [0.29, 0.717) is 44.9 Å². The molecule has 43 heteroatoms. The maximum atomic E-state index is 15.0. The molecule has 5 aromatic rings. The van der Waals surface area contributed by atoms with Crippen LogP contribution in [0.5, 0.6) is 5.75 Å². The van der Waals surface area contributed by atoms with Crippen molar-refractivity contribution in [3.8, 4) is 5.75 Å². The van der Waals surface area contributed by atoms with Crippen LogP contribution in [0.4, 0.5) is 0 Å². The van der Waals surface area contributed by atoms with Crippen molar-refractivity contribution in [2.45, 2.75) is 196 Å². The van der Waals surface area contributed by atoms with E-state index in [2.05, 4.69) is 99.0 Å². The Labute approximate surface area is 699 Å². The molecule has 14 atom stereocenters. The van der Waals surface area contributed by atoms with Gasteiger partial charge in [0.1, 0.15) is 78.3 Å². The number of H-pyrrole nitrogens is 2. The van der Waals surface area contributed by atoms with Crippen molar-refractivity contribution in [3.05, 3.63) is 102 Å². The number of primary amides is 2. The highest BCUT2D eigenvalue weighted by Gasteiger charge is 2.42. The number of amides is 14. The minimum atomic E-state index is -2.03. The van der Waals surface area contributed by atoms with E-state index < -0.39 is 241 Å². The number of fused-ring (bicyclic) bond motifs is 2. The van der Waals surface area contributed by atoms with Crippen LogP contribution in [-0.2, 0) is 101 Å². The number of nitrogens with two attached hydrogens (primary N) is 4. The molecular weight excluding hydrogens is 1610 g/mol. The van der Waals surface area contributed by atoms with E-state index in [1.165, 1.54) is 51.2 Å². The van der Waals surface area contributed by atoms with E-state index >= 15 is 0 Å². The summed E-state index contributed by atoms with van der Waals surface area (Å²) in [6.45, 7) is 6.26. The topological polar surface area (TPSA) is 678 Å². The molecule has 1 fully saturated rings. The number of hydrogen-bond acceptors (Lipinski definition) is 22. The summed E-state index contributed by atoms with van der Waals surface area (Å²) in [7, 11) is 0. The van der Waals surface area contributed by atoms with Crippen molar-refractivity contribution < 1.29 is 102 Å². The molecule has 0 saturated carbocycles. The first-order valence-electron chi connectivity index (χ1n) is 38.6. The van der Waals surface area contributed by atoms with Crippen molar-refractivity contribution in [1.29, 1.82) is 5.41 Å². The van der Waals surface area contributed by atoms with E-state index in [0.717, 1.165) is 4.90 Å². The summed E-state index contributed by atoms with van der Waals surface area (Å²) in [6, 6.07) is -1.34. The first kappa shape index (κ1) is 96.3. The fourth-order valence-electron chi connectivity index (χ4n) is 13.1. The third kappa shape index (κ3) is 29.2. The van der Waals surface area contributed by atoms with Gasteiger partial charge in [0.05, 0.1) is 18.9 Å². The number of carbonyl (C=O) groups is 17. The SMILES string of the molecule is CC[C@H](C)[C@H](NC(=O)[C@H](CC(N)=O)NC(=O)[C@H](CS)NC(=O)[C@H](Cc1c[nH]c2ccccc12)NC(=O)[C@H](Cc1ccc(O)cc1)NC(=O)[C@@H](N)CCCNC(=N)N)C(=O)N[C@@H](Cc1c[nH]c2ccccc12)C(=O)N[C@@H](CC(=O)O)C(=O)N[C@H](C(=O)N[C@@H](CS)C(=O)N1CCC[C@H]1C(=O)N[C@@H](CCC(=O)O)C(=O)N[C@@H](CCC(N)=O)C(=O)O)C(C)C. The molecule has 41 nitrogen and oxygen atoms in total. The number of guanidine groups is 1. The lowest BCUT2D eigenvalue weighted by atomic mass is 9.96. The first-order valence-corrected chi connectivity index (χ1v) is 39.9. The number of likely N-dealkylation sites (tertiary alicyclic amines) is 1. The minimum Gasteiger partial charge on any atom is -0.508 e. The van der Waals surface area contributed by atoms with Gasteiger partial charge in [0.2, 0.25) is 82.7 Å². The molecule has 652 valence electrons. The number of carboxylic acid groups (broad SMARTS) is 3. The number of aromatic hydroxyl groups is 1. The van der Waals surface area contributed by atoms with Crippen molar-refractivity contribution >= 4 is 154 Å². The Morgan fingerprint density at radius 1 is 0.508 bits per heavy atom. The second-order valence-electron chi connectivity index (χ2n) is 29.3. The van der Waals surface area contributed by atoms with Gasteiger partial charge in [-0.05, 0) is 91.3 Å². The maximum absolute atomic E-state index is 15.0. The zero-order chi connectivity index (χ0) is 88.8. The molecule has 0 aliphatic carbocycles. The minimum absolute atomic E-state index is 0.00583. The zero-order valence-electron chi connectivity index (χ0n) is 66.4. The van der Waals surface area contributed by atoms with Gasteiger partial charge in [-0.3, -0.25) is 82.1 Å². The Balaban J connectivity index is 1.21. The molecule has 6 rings (SSSR count). The van der Waals surface area contributed by atoms with Crippen LogP contribution in [0.25, 0.3) is 21.8 Å². The van der Waals surface area contributed by atoms with Gasteiger partial charge in [-0.25, -0.2) is 4.79 Å². The summed E-state index contributed by atoms with van der Waals surface area (Å²) in [5, 5.41) is 78.0. The Morgan fingerprint density at radius 2 is 0.967 bits per heavy atom. The number of benzene rings is 3. The highest BCUT2D eigenvalue weighted by atomic mass is 32.1. The summed E-state index contributed by atoms with van der Waals surface area (Å²) in [6.07, 6.45) is -1.08. The highest BCUT2D eigenvalue weighted by Crippen LogP contribution is 2.24. The van der Waals surface area contributed by atoms with Gasteiger partial charge in [-0.2, -0.15) is 25.3 Å². The number of carbonyl (C=O) groups excluding carboxylic acids is 14. The van der Waals surface area contributed by atoms with Crippen LogP contribution < -0.4 is 86.7 Å². The number of hydrogen-bond donors (Lipinski definition) is 25. The van der Waals surface area contributed by atoms with E-state index in [-0.39, 0.29) is 69.7 Å². The second kappa shape index (κ2) is 46.6. The van der Waals surface area contributed by atoms with Crippen LogP contribution in [0.1, 0.15) is 115 Å². The molecular formula is C77H106N20O21S2. The predicted molar refractivity (Wildman–Crippen MR) is 440 cm³/mol. The van der Waals surface area contributed by atoms with Crippen LogP contribution >= 0.6 is 25.3 Å². The fourth-order valence-corrected chi connectivity index (χ4v) is 13.7. The number of thiol groups is 2. The van der Waals surface area contributed by atoms with Gasteiger partial charge >= 0.3 is 17.9 Å². The molecule has 0 unspecified atom stereocenters. The molecule has 14 amide bonds. The molecule has 3 heterocycles. The molecule has 120 heavy (non-hydrogen) atoms. The molecule has 1 aliphatic heterocycles. The largest absolute Gasteiger partial charge is 0.508 e. The van der Waals surface area contributed by atoms with Crippen LogP contribution in [0, 0.1) is 17.2 Å². The highest BCUT2D eigenvalue weighted by molar-refractivity contribution is 7.80. The number of aromatic nitrogens is 2. The predicted octanol–water partition coefficient (Wildman–Crippen LogP) is -3.58. The fraction of sp³-hybridized carbons (Fsp3) is 0.481. The number of nitrogens with zero attached hydrogens (tertiary/aromatic N) is 1.